The maximum absolute atomic E-state index is 13.0. The maximum atomic E-state index is 13.0. The predicted octanol–water partition coefficient (Wildman–Crippen LogP) is 4.85. The van der Waals surface area contributed by atoms with E-state index in [0.717, 1.165) is 5.56 Å². The van der Waals surface area contributed by atoms with Crippen LogP contribution in [0.1, 0.15) is 18.1 Å². The minimum atomic E-state index is -4.69. The average Bonchev–Trinajstić information content (AvgIpc) is 3.22. The van der Waals surface area contributed by atoms with E-state index in [2.05, 4.69) is 10.1 Å². The van der Waals surface area contributed by atoms with Crippen molar-refractivity contribution in [1.29, 1.82) is 5.41 Å². The molecule has 2 aliphatic rings. The Balaban J connectivity index is 1.59. The second-order valence-corrected chi connectivity index (χ2v) is 7.79. The summed E-state index contributed by atoms with van der Waals surface area (Å²) in [6, 6.07) is 14.5. The summed E-state index contributed by atoms with van der Waals surface area (Å²) in [7, 11) is 0. The number of alkyl halides is 3. The molecule has 1 N–H and O–H groups in total. The highest BCUT2D eigenvalue weighted by Gasteiger charge is 2.46. The number of hydrazone groups is 1. The molecule has 4 rings (SSSR count). The topological polar surface area (TPSA) is 87.3 Å². The lowest BCUT2D eigenvalue weighted by Gasteiger charge is -2.20. The summed E-state index contributed by atoms with van der Waals surface area (Å²) in [5.74, 6) is -0.390. The number of amidine groups is 2. The number of hydrogen-bond acceptors (Lipinski definition) is 6. The van der Waals surface area contributed by atoms with Gasteiger partial charge in [-0.2, -0.15) is 28.3 Å². The second kappa shape index (κ2) is 9.10. The molecule has 0 unspecified atom stereocenters. The molecule has 2 aliphatic heterocycles. The zero-order valence-corrected chi connectivity index (χ0v) is 18.0. The van der Waals surface area contributed by atoms with Gasteiger partial charge in [-0.05, 0) is 48.0 Å². The summed E-state index contributed by atoms with van der Waals surface area (Å²) in [5, 5.41) is 10.8. The molecular formula is C22H17F3N4O3S. The van der Waals surface area contributed by atoms with Gasteiger partial charge in [0.05, 0.1) is 12.2 Å². The first kappa shape index (κ1) is 22.6. The molecule has 0 atom stereocenters. The Labute approximate surface area is 191 Å². The molecule has 1 amide bonds. The molecule has 0 aromatic heterocycles. The standard InChI is InChI=1S/C22H17F3N4O3S/c1-2-31-17-11-14(8-9-16(17)32-12-13-6-4-3-5-7-13)10-15-18(26)29-21(27-19(15)30)33-20(28-29)22(23,24)25/h3-11,26H,2,12H2,1H3. The molecule has 0 fully saturated rings. The van der Waals surface area contributed by atoms with Crippen LogP contribution in [0, 0.1) is 5.41 Å². The molecule has 0 radical (unpaired) electrons. The first-order valence-electron chi connectivity index (χ1n) is 9.77. The molecule has 0 bridgehead atoms. The third kappa shape index (κ3) is 4.92. The van der Waals surface area contributed by atoms with Crippen LogP contribution in [0.15, 0.2) is 64.2 Å². The Morgan fingerprint density at radius 3 is 2.58 bits per heavy atom. The van der Waals surface area contributed by atoms with Crippen molar-refractivity contribution in [2.45, 2.75) is 19.7 Å². The quantitative estimate of drug-likeness (QED) is 0.605. The highest BCUT2D eigenvalue weighted by Crippen LogP contribution is 2.36. The van der Waals surface area contributed by atoms with Gasteiger partial charge in [-0.1, -0.05) is 36.4 Å². The first-order valence-corrected chi connectivity index (χ1v) is 10.6. The van der Waals surface area contributed by atoms with Gasteiger partial charge in [-0.3, -0.25) is 10.2 Å². The van der Waals surface area contributed by atoms with Crippen LogP contribution in [0.2, 0.25) is 0 Å². The van der Waals surface area contributed by atoms with Crippen LogP contribution in [0.3, 0.4) is 0 Å². The van der Waals surface area contributed by atoms with E-state index in [9.17, 15) is 18.0 Å². The zero-order valence-electron chi connectivity index (χ0n) is 17.2. The molecule has 2 aromatic carbocycles. The SMILES string of the molecule is CCOc1cc(C=C2C(=N)N3N=C(C(F)(F)F)SC3=NC2=O)ccc1OCc1ccccc1. The molecule has 0 saturated carbocycles. The van der Waals surface area contributed by atoms with E-state index >= 15 is 0 Å². The minimum Gasteiger partial charge on any atom is -0.490 e. The molecule has 33 heavy (non-hydrogen) atoms. The average molecular weight is 474 g/mol. The number of thioether (sulfide) groups is 1. The van der Waals surface area contributed by atoms with Gasteiger partial charge < -0.3 is 9.47 Å². The van der Waals surface area contributed by atoms with Crippen LogP contribution >= 0.6 is 11.8 Å². The number of ether oxygens (including phenoxy) is 2. The van der Waals surface area contributed by atoms with E-state index in [1.165, 1.54) is 6.08 Å². The largest absolute Gasteiger partial charge is 0.490 e. The van der Waals surface area contributed by atoms with Crippen molar-refractivity contribution >= 4 is 39.8 Å². The third-order valence-electron chi connectivity index (χ3n) is 4.51. The van der Waals surface area contributed by atoms with Gasteiger partial charge in [0.1, 0.15) is 6.61 Å². The normalized spacial score (nSPS) is 17.1. The van der Waals surface area contributed by atoms with Gasteiger partial charge in [-0.25, -0.2) is 0 Å². The molecule has 11 heteroatoms. The van der Waals surface area contributed by atoms with Crippen LogP contribution in [-0.2, 0) is 11.4 Å². The van der Waals surface area contributed by atoms with Crippen molar-refractivity contribution in [3.8, 4) is 11.5 Å². The van der Waals surface area contributed by atoms with E-state index in [1.54, 1.807) is 18.2 Å². The molecule has 2 heterocycles. The summed E-state index contributed by atoms with van der Waals surface area (Å²) >= 11 is 0.207. The molecule has 0 aliphatic carbocycles. The summed E-state index contributed by atoms with van der Waals surface area (Å²) in [6.07, 6.45) is -3.33. The lowest BCUT2D eigenvalue weighted by Crippen LogP contribution is -2.35. The number of halogens is 3. The van der Waals surface area contributed by atoms with Gasteiger partial charge in [0.2, 0.25) is 10.2 Å². The van der Waals surface area contributed by atoms with Crippen LogP contribution in [0.4, 0.5) is 13.2 Å². The molecule has 2 aromatic rings. The maximum Gasteiger partial charge on any atom is 0.441 e. The smallest absolute Gasteiger partial charge is 0.441 e. The van der Waals surface area contributed by atoms with Crippen molar-refractivity contribution in [3.05, 3.63) is 65.2 Å². The Hall–Kier alpha value is -3.60. The number of aliphatic imine (C=N–C) groups is 1. The fraction of sp³-hybridized carbons (Fsp3) is 0.182. The number of carbonyl (C=O) groups excluding carboxylic acids is 1. The number of benzene rings is 2. The van der Waals surface area contributed by atoms with E-state index < -0.39 is 23.0 Å². The van der Waals surface area contributed by atoms with Crippen molar-refractivity contribution in [2.24, 2.45) is 10.1 Å². The Morgan fingerprint density at radius 2 is 1.88 bits per heavy atom. The van der Waals surface area contributed by atoms with Gasteiger partial charge in [0, 0.05) is 0 Å². The number of rotatable bonds is 6. The number of fused-ring (bicyclic) bond motifs is 1. The zero-order chi connectivity index (χ0) is 23.6. The lowest BCUT2D eigenvalue weighted by atomic mass is 10.1. The fourth-order valence-electron chi connectivity index (χ4n) is 3.01. The van der Waals surface area contributed by atoms with Crippen LogP contribution in [0.5, 0.6) is 11.5 Å². The Bertz CT molecular complexity index is 1190. The summed E-state index contributed by atoms with van der Waals surface area (Å²) in [6.45, 7) is 2.50. The van der Waals surface area contributed by atoms with Gasteiger partial charge in [-0.15, -0.1) is 0 Å². The van der Waals surface area contributed by atoms with Crippen molar-refractivity contribution in [3.63, 3.8) is 0 Å². The van der Waals surface area contributed by atoms with Crippen molar-refractivity contribution < 1.29 is 27.4 Å². The molecule has 170 valence electrons. The van der Waals surface area contributed by atoms with Crippen molar-refractivity contribution in [2.75, 3.05) is 6.61 Å². The summed E-state index contributed by atoms with van der Waals surface area (Å²) in [5.41, 5.74) is 1.28. The monoisotopic (exact) mass is 474 g/mol. The highest BCUT2D eigenvalue weighted by atomic mass is 32.2. The summed E-state index contributed by atoms with van der Waals surface area (Å²) < 4.78 is 50.4. The van der Waals surface area contributed by atoms with Crippen molar-refractivity contribution in [1.82, 2.24) is 5.01 Å². The fourth-order valence-corrected chi connectivity index (χ4v) is 3.77. The number of amides is 1. The number of hydrogen-bond donors (Lipinski definition) is 1. The minimum absolute atomic E-state index is 0.188. The molecular weight excluding hydrogens is 457 g/mol. The Morgan fingerprint density at radius 1 is 1.12 bits per heavy atom. The Kier molecular flexibility index (Phi) is 6.23. The number of carbonyl (C=O) groups is 1. The molecule has 0 saturated heterocycles. The third-order valence-corrected chi connectivity index (χ3v) is 5.47. The van der Waals surface area contributed by atoms with Crippen LogP contribution in [0.25, 0.3) is 6.08 Å². The number of nitrogens with one attached hydrogen (secondary N) is 1. The first-order chi connectivity index (χ1) is 15.8. The van der Waals surface area contributed by atoms with Crippen LogP contribution in [-0.4, -0.2) is 39.7 Å². The predicted molar refractivity (Wildman–Crippen MR) is 119 cm³/mol. The lowest BCUT2D eigenvalue weighted by molar-refractivity contribution is -0.114. The van der Waals surface area contributed by atoms with E-state index in [1.807, 2.05) is 37.3 Å². The second-order valence-electron chi connectivity index (χ2n) is 6.84. The highest BCUT2D eigenvalue weighted by molar-refractivity contribution is 8.27. The van der Waals surface area contributed by atoms with Gasteiger partial charge in [0.25, 0.3) is 5.91 Å². The molecule has 0 spiro atoms. The van der Waals surface area contributed by atoms with Gasteiger partial charge in [0.15, 0.2) is 17.3 Å². The van der Waals surface area contributed by atoms with E-state index in [4.69, 9.17) is 14.9 Å². The van der Waals surface area contributed by atoms with E-state index in [-0.39, 0.29) is 22.5 Å². The number of nitrogens with zero attached hydrogens (tertiary/aromatic N) is 3. The summed E-state index contributed by atoms with van der Waals surface area (Å²) in [4.78, 5) is 16.1. The van der Waals surface area contributed by atoms with Crippen LogP contribution < -0.4 is 9.47 Å². The van der Waals surface area contributed by atoms with Gasteiger partial charge >= 0.3 is 6.18 Å². The van der Waals surface area contributed by atoms with E-state index in [0.29, 0.717) is 35.3 Å². The molecule has 7 nitrogen and oxygen atoms in total.